The molecular weight excluding hydrogens is 654 g/mol. The molecule has 0 atom stereocenters. The molecule has 0 bridgehead atoms. The normalized spacial score (nSPS) is 11.0. The van der Waals surface area contributed by atoms with E-state index in [0.29, 0.717) is 32.5 Å². The molecule has 0 amide bonds. The molecule has 0 aliphatic rings. The minimum atomic E-state index is -4.23. The van der Waals surface area contributed by atoms with Gasteiger partial charge in [-0.15, -0.1) is 13.2 Å². The molecule has 0 spiro atoms. The summed E-state index contributed by atoms with van der Waals surface area (Å²) in [6.45, 7) is 12.4. The zero-order valence-corrected chi connectivity index (χ0v) is 31.3. The van der Waals surface area contributed by atoms with Crippen molar-refractivity contribution in [1.82, 2.24) is 4.90 Å². The van der Waals surface area contributed by atoms with Gasteiger partial charge >= 0.3 is 20.8 Å². The SMILES string of the molecule is C=C.CCCCCCCCCCCCOS(=O)(=O)O.CCCCCCCCCCCCOS(=O)(=O)O.O.OCCN(CCO)CCO. The van der Waals surface area contributed by atoms with Crippen LogP contribution in [0.2, 0.25) is 0 Å². The third-order valence-electron chi connectivity index (χ3n) is 6.71. The number of unbranched alkanes of at least 4 members (excludes halogenated alkanes) is 18. The van der Waals surface area contributed by atoms with Crippen LogP contribution in [-0.4, -0.2) is 104 Å². The van der Waals surface area contributed by atoms with Gasteiger partial charge in [0.15, 0.2) is 0 Å². The maximum absolute atomic E-state index is 10.2. The van der Waals surface area contributed by atoms with Gasteiger partial charge in [0.1, 0.15) is 0 Å². The standard InChI is InChI=1S/2C12H26O4S.C6H15NO3.C2H4.H2O/c2*1-2-3-4-5-6-7-8-9-10-11-12-16-17(13,14)15;8-4-1-7(2-5-9)3-6-10;1-2;/h2*2-12H2,1H3,(H,13,14,15);8-10H,1-6H2;1-2H2;1H2. The highest BCUT2D eigenvalue weighted by atomic mass is 32.3. The van der Waals surface area contributed by atoms with Gasteiger partial charge in [-0.2, -0.15) is 16.8 Å². The Bertz CT molecular complexity index is 704. The molecule has 0 fully saturated rings. The molecule has 290 valence electrons. The fourth-order valence-corrected chi connectivity index (χ4v) is 4.92. The van der Waals surface area contributed by atoms with Crippen LogP contribution in [0.4, 0.5) is 0 Å². The number of hydrogen-bond acceptors (Lipinski definition) is 10. The molecule has 0 heterocycles. The zero-order valence-electron chi connectivity index (χ0n) is 29.7. The van der Waals surface area contributed by atoms with Gasteiger partial charge in [-0.25, -0.2) is 8.37 Å². The first-order valence-corrected chi connectivity index (χ1v) is 20.0. The van der Waals surface area contributed by atoms with Crippen LogP contribution in [0.3, 0.4) is 0 Å². The molecule has 0 aliphatic heterocycles. The molecule has 0 aliphatic carbocycles. The molecule has 0 saturated carbocycles. The second-order valence-corrected chi connectivity index (χ2v) is 13.1. The minimum Gasteiger partial charge on any atom is -0.412 e. The van der Waals surface area contributed by atoms with Crippen LogP contribution in [0.25, 0.3) is 0 Å². The van der Waals surface area contributed by atoms with E-state index < -0.39 is 20.8 Å². The van der Waals surface area contributed by atoms with Crippen molar-refractivity contribution >= 4 is 20.8 Å². The predicted octanol–water partition coefficient (Wildman–Crippen LogP) is 5.70. The summed E-state index contributed by atoms with van der Waals surface area (Å²) in [6, 6.07) is 0. The van der Waals surface area contributed by atoms with E-state index in [1.165, 1.54) is 89.9 Å². The Hall–Kier alpha value is -0.720. The summed E-state index contributed by atoms with van der Waals surface area (Å²) in [5.74, 6) is 0. The second-order valence-electron chi connectivity index (χ2n) is 10.9. The molecule has 13 nitrogen and oxygen atoms in total. The molecule has 15 heteroatoms. The average molecular weight is 728 g/mol. The first-order chi connectivity index (χ1) is 22.0. The fraction of sp³-hybridized carbons (Fsp3) is 0.938. The predicted molar refractivity (Wildman–Crippen MR) is 191 cm³/mol. The van der Waals surface area contributed by atoms with E-state index in [9.17, 15) is 16.8 Å². The fourth-order valence-electron chi connectivity index (χ4n) is 4.27. The lowest BCUT2D eigenvalue weighted by Gasteiger charge is -2.17. The maximum Gasteiger partial charge on any atom is 0.397 e. The maximum atomic E-state index is 10.2. The van der Waals surface area contributed by atoms with Crippen molar-refractivity contribution in [3.8, 4) is 0 Å². The van der Waals surface area contributed by atoms with Crippen LogP contribution >= 0.6 is 0 Å². The van der Waals surface area contributed by atoms with Gasteiger partial charge in [0.2, 0.25) is 0 Å². The Morgan fingerprint density at radius 3 is 0.872 bits per heavy atom. The lowest BCUT2D eigenvalue weighted by Crippen LogP contribution is -2.32. The largest absolute Gasteiger partial charge is 0.412 e. The summed E-state index contributed by atoms with van der Waals surface area (Å²) in [5.41, 5.74) is 0. The van der Waals surface area contributed by atoms with Gasteiger partial charge in [0, 0.05) is 19.6 Å². The first kappa shape index (κ1) is 55.7. The van der Waals surface area contributed by atoms with E-state index in [4.69, 9.17) is 24.4 Å². The van der Waals surface area contributed by atoms with E-state index >= 15 is 0 Å². The highest BCUT2D eigenvalue weighted by molar-refractivity contribution is 7.81. The van der Waals surface area contributed by atoms with Gasteiger partial charge in [0.25, 0.3) is 0 Å². The molecule has 0 radical (unpaired) electrons. The summed E-state index contributed by atoms with van der Waals surface area (Å²) in [5, 5.41) is 25.5. The molecule has 0 unspecified atom stereocenters. The van der Waals surface area contributed by atoms with Crippen LogP contribution in [0, 0.1) is 0 Å². The van der Waals surface area contributed by atoms with E-state index in [0.717, 1.165) is 25.7 Å². The highest BCUT2D eigenvalue weighted by Gasteiger charge is 2.04. The van der Waals surface area contributed by atoms with E-state index in [2.05, 4.69) is 35.4 Å². The highest BCUT2D eigenvalue weighted by Crippen LogP contribution is 2.11. The van der Waals surface area contributed by atoms with Crippen molar-refractivity contribution in [2.75, 3.05) is 52.7 Å². The van der Waals surface area contributed by atoms with E-state index in [-0.39, 0.29) is 38.5 Å². The Kier molecular flexibility index (Phi) is 53.6. The third kappa shape index (κ3) is 64.4. The van der Waals surface area contributed by atoms with Crippen LogP contribution in [0.15, 0.2) is 13.2 Å². The van der Waals surface area contributed by atoms with E-state index in [1.54, 1.807) is 4.90 Å². The summed E-state index contributed by atoms with van der Waals surface area (Å²) < 4.78 is 66.0. The number of aliphatic hydroxyl groups excluding tert-OH is 3. The number of rotatable bonds is 30. The average Bonchev–Trinajstić information content (AvgIpc) is 3.00. The van der Waals surface area contributed by atoms with Gasteiger partial charge in [-0.3, -0.25) is 14.0 Å². The Labute approximate surface area is 288 Å². The van der Waals surface area contributed by atoms with Crippen molar-refractivity contribution < 1.29 is 55.1 Å². The van der Waals surface area contributed by atoms with Crippen molar-refractivity contribution in [2.24, 2.45) is 0 Å². The van der Waals surface area contributed by atoms with Gasteiger partial charge in [-0.05, 0) is 12.8 Å². The molecular formula is C32H73NO12S2. The van der Waals surface area contributed by atoms with Crippen LogP contribution < -0.4 is 0 Å². The lowest BCUT2D eigenvalue weighted by molar-refractivity contribution is 0.136. The molecule has 0 aromatic rings. The van der Waals surface area contributed by atoms with Crippen molar-refractivity contribution in [2.45, 2.75) is 142 Å². The van der Waals surface area contributed by atoms with Gasteiger partial charge < -0.3 is 20.8 Å². The van der Waals surface area contributed by atoms with Crippen molar-refractivity contribution in [3.63, 3.8) is 0 Å². The number of nitrogens with zero attached hydrogens (tertiary/aromatic N) is 1. The van der Waals surface area contributed by atoms with E-state index in [1.807, 2.05) is 0 Å². The monoisotopic (exact) mass is 727 g/mol. The topological polar surface area (TPSA) is 223 Å². The van der Waals surface area contributed by atoms with Crippen LogP contribution in [-0.2, 0) is 29.2 Å². The third-order valence-corrected chi connectivity index (χ3v) is 7.64. The molecule has 7 N–H and O–H groups in total. The summed E-state index contributed by atoms with van der Waals surface area (Å²) in [7, 11) is -8.47. The molecule has 0 aromatic heterocycles. The Morgan fingerprint density at radius 1 is 0.468 bits per heavy atom. The lowest BCUT2D eigenvalue weighted by atomic mass is 10.1. The van der Waals surface area contributed by atoms with Gasteiger partial charge in [-0.1, -0.05) is 129 Å². The smallest absolute Gasteiger partial charge is 0.397 e. The summed E-state index contributed by atoms with van der Waals surface area (Å²) in [6.07, 6.45) is 23.7. The Balaban J connectivity index is -0.000000186. The zero-order chi connectivity index (χ0) is 35.8. The quantitative estimate of drug-likeness (QED) is 0.0342. The molecule has 0 rings (SSSR count). The Morgan fingerprint density at radius 2 is 0.681 bits per heavy atom. The molecule has 0 saturated heterocycles. The van der Waals surface area contributed by atoms with Crippen molar-refractivity contribution in [3.05, 3.63) is 13.2 Å². The van der Waals surface area contributed by atoms with Gasteiger partial charge in [0.05, 0.1) is 33.0 Å². The van der Waals surface area contributed by atoms with Crippen LogP contribution in [0.5, 0.6) is 0 Å². The van der Waals surface area contributed by atoms with Crippen molar-refractivity contribution in [1.29, 1.82) is 0 Å². The number of hydrogen-bond donors (Lipinski definition) is 5. The first-order valence-electron chi connectivity index (χ1n) is 17.3. The molecule has 47 heavy (non-hydrogen) atoms. The second kappa shape index (κ2) is 45.3. The number of aliphatic hydroxyl groups is 3. The molecule has 0 aromatic carbocycles. The van der Waals surface area contributed by atoms with Crippen LogP contribution in [0.1, 0.15) is 142 Å². The summed E-state index contributed by atoms with van der Waals surface area (Å²) in [4.78, 5) is 1.79. The summed E-state index contributed by atoms with van der Waals surface area (Å²) >= 11 is 0. The minimum absolute atomic E-state index is 0.